The summed E-state index contributed by atoms with van der Waals surface area (Å²) in [4.78, 5) is 13.2. The first kappa shape index (κ1) is 28.0. The van der Waals surface area contributed by atoms with Gasteiger partial charge < -0.3 is 5.32 Å². The van der Waals surface area contributed by atoms with E-state index < -0.39 is 26.0 Å². The van der Waals surface area contributed by atoms with Crippen LogP contribution in [0.1, 0.15) is 36.0 Å². The SMILES string of the molecule is Cc1ccc(S(=O)(=O)N(CC(=O)NCc2ccc(S(=O)(=O)N3CCCCC3)cc2)Cc2ccccc2)cc1. The number of piperidine rings is 1. The predicted molar refractivity (Wildman–Crippen MR) is 146 cm³/mol. The van der Waals surface area contributed by atoms with E-state index in [1.807, 2.05) is 37.3 Å². The highest BCUT2D eigenvalue weighted by Gasteiger charge is 2.27. The van der Waals surface area contributed by atoms with Gasteiger partial charge in [-0.15, -0.1) is 0 Å². The summed E-state index contributed by atoms with van der Waals surface area (Å²) in [6.45, 7) is 2.78. The van der Waals surface area contributed by atoms with Crippen LogP contribution in [0.5, 0.6) is 0 Å². The average molecular weight is 556 g/mol. The van der Waals surface area contributed by atoms with E-state index in [4.69, 9.17) is 0 Å². The second kappa shape index (κ2) is 12.2. The Balaban J connectivity index is 1.43. The number of carbonyl (C=O) groups excluding carboxylic acids is 1. The van der Waals surface area contributed by atoms with E-state index in [2.05, 4.69) is 5.32 Å². The third-order valence-electron chi connectivity index (χ3n) is 6.55. The van der Waals surface area contributed by atoms with Gasteiger partial charge in [0, 0.05) is 26.2 Å². The van der Waals surface area contributed by atoms with Crippen LogP contribution >= 0.6 is 0 Å². The molecule has 8 nitrogen and oxygen atoms in total. The number of benzene rings is 3. The number of hydrogen-bond donors (Lipinski definition) is 1. The minimum absolute atomic E-state index is 0.0491. The molecule has 1 saturated heterocycles. The van der Waals surface area contributed by atoms with Crippen molar-refractivity contribution in [2.75, 3.05) is 19.6 Å². The van der Waals surface area contributed by atoms with E-state index in [1.165, 1.54) is 4.31 Å². The van der Waals surface area contributed by atoms with Crippen molar-refractivity contribution in [3.8, 4) is 0 Å². The lowest BCUT2D eigenvalue weighted by molar-refractivity contribution is -0.121. The Labute approximate surface area is 225 Å². The summed E-state index contributed by atoms with van der Waals surface area (Å²) >= 11 is 0. The smallest absolute Gasteiger partial charge is 0.243 e. The van der Waals surface area contributed by atoms with E-state index in [0.717, 1.165) is 34.7 Å². The van der Waals surface area contributed by atoms with Crippen LogP contribution < -0.4 is 5.32 Å². The maximum Gasteiger partial charge on any atom is 0.243 e. The number of hydrogen-bond acceptors (Lipinski definition) is 5. The first-order valence-electron chi connectivity index (χ1n) is 12.6. The van der Waals surface area contributed by atoms with Crippen LogP contribution in [-0.2, 0) is 37.9 Å². The zero-order chi connectivity index (χ0) is 27.2. The molecule has 0 radical (unpaired) electrons. The van der Waals surface area contributed by atoms with Crippen molar-refractivity contribution in [3.05, 3.63) is 95.6 Å². The van der Waals surface area contributed by atoms with Crippen molar-refractivity contribution in [2.45, 2.75) is 49.1 Å². The van der Waals surface area contributed by atoms with Gasteiger partial charge in [-0.25, -0.2) is 16.8 Å². The Morgan fingerprint density at radius 2 is 1.39 bits per heavy atom. The normalized spacial score (nSPS) is 14.9. The average Bonchev–Trinajstić information content (AvgIpc) is 2.93. The maximum absolute atomic E-state index is 13.4. The van der Waals surface area contributed by atoms with Gasteiger partial charge in [-0.3, -0.25) is 4.79 Å². The number of nitrogens with one attached hydrogen (secondary N) is 1. The van der Waals surface area contributed by atoms with E-state index in [-0.39, 0.29) is 29.4 Å². The van der Waals surface area contributed by atoms with E-state index in [0.29, 0.717) is 18.7 Å². The summed E-state index contributed by atoms with van der Waals surface area (Å²) in [6.07, 6.45) is 2.77. The highest BCUT2D eigenvalue weighted by atomic mass is 32.2. The van der Waals surface area contributed by atoms with Crippen LogP contribution in [0.15, 0.2) is 88.7 Å². The lowest BCUT2D eigenvalue weighted by Crippen LogP contribution is -2.40. The molecule has 1 fully saturated rings. The maximum atomic E-state index is 13.4. The van der Waals surface area contributed by atoms with Crippen LogP contribution in [0.4, 0.5) is 0 Å². The van der Waals surface area contributed by atoms with Crippen molar-refractivity contribution in [1.82, 2.24) is 13.9 Å². The summed E-state index contributed by atoms with van der Waals surface area (Å²) in [5.41, 5.74) is 2.42. The fraction of sp³-hybridized carbons (Fsp3) is 0.321. The molecule has 1 amide bonds. The molecule has 1 N–H and O–H groups in total. The van der Waals surface area contributed by atoms with Crippen LogP contribution in [0.2, 0.25) is 0 Å². The molecule has 38 heavy (non-hydrogen) atoms. The summed E-state index contributed by atoms with van der Waals surface area (Å²) in [7, 11) is -7.45. The number of amides is 1. The Kier molecular flexibility index (Phi) is 8.99. The van der Waals surface area contributed by atoms with E-state index in [1.54, 1.807) is 48.5 Å². The Morgan fingerprint density at radius 3 is 2.03 bits per heavy atom. The van der Waals surface area contributed by atoms with Crippen molar-refractivity contribution in [2.24, 2.45) is 0 Å². The van der Waals surface area contributed by atoms with Gasteiger partial charge in [0.25, 0.3) is 0 Å². The summed E-state index contributed by atoms with van der Waals surface area (Å²) in [5.74, 6) is -0.457. The number of aryl methyl sites for hydroxylation is 1. The topological polar surface area (TPSA) is 104 Å². The lowest BCUT2D eigenvalue weighted by Gasteiger charge is -2.25. The van der Waals surface area contributed by atoms with Gasteiger partial charge in [0.15, 0.2) is 0 Å². The van der Waals surface area contributed by atoms with E-state index >= 15 is 0 Å². The molecule has 4 rings (SSSR count). The van der Waals surface area contributed by atoms with Gasteiger partial charge in [-0.1, -0.05) is 66.6 Å². The minimum Gasteiger partial charge on any atom is -0.351 e. The zero-order valence-electron chi connectivity index (χ0n) is 21.4. The molecule has 0 aliphatic carbocycles. The number of rotatable bonds is 10. The molecule has 10 heteroatoms. The third kappa shape index (κ3) is 6.87. The molecular weight excluding hydrogens is 522 g/mol. The first-order chi connectivity index (χ1) is 18.2. The van der Waals surface area contributed by atoms with Gasteiger partial charge in [-0.05, 0) is 55.2 Å². The third-order valence-corrected chi connectivity index (χ3v) is 10.3. The molecule has 1 aliphatic heterocycles. The molecule has 0 bridgehead atoms. The Morgan fingerprint density at radius 1 is 0.789 bits per heavy atom. The highest BCUT2D eigenvalue weighted by molar-refractivity contribution is 7.89. The van der Waals surface area contributed by atoms with Gasteiger partial charge in [0.2, 0.25) is 26.0 Å². The fourth-order valence-corrected chi connectivity index (χ4v) is 7.22. The molecule has 0 saturated carbocycles. The second-order valence-corrected chi connectivity index (χ2v) is 13.3. The van der Waals surface area contributed by atoms with Crippen molar-refractivity contribution >= 4 is 26.0 Å². The van der Waals surface area contributed by atoms with Gasteiger partial charge in [-0.2, -0.15) is 8.61 Å². The molecule has 0 aromatic heterocycles. The van der Waals surface area contributed by atoms with Crippen molar-refractivity contribution < 1.29 is 21.6 Å². The summed E-state index contributed by atoms with van der Waals surface area (Å²) in [5, 5.41) is 2.76. The Bertz CT molecular complexity index is 1430. The standard InChI is InChI=1S/C28H33N3O5S2/c1-23-10-14-26(15-11-23)38(35,36)31(21-25-8-4-2-5-9-25)22-28(32)29-20-24-12-16-27(17-13-24)37(33,34)30-18-6-3-7-19-30/h2,4-5,8-17H,3,6-7,18-22H2,1H3,(H,29,32). The molecule has 0 spiro atoms. The number of carbonyl (C=O) groups is 1. The lowest BCUT2D eigenvalue weighted by atomic mass is 10.2. The molecule has 1 aliphatic rings. The summed E-state index contributed by atoms with van der Waals surface area (Å²) in [6, 6.07) is 22.1. The fourth-order valence-electron chi connectivity index (χ4n) is 4.32. The molecule has 0 atom stereocenters. The van der Waals surface area contributed by atoms with Gasteiger partial charge >= 0.3 is 0 Å². The molecule has 202 valence electrons. The number of nitrogens with zero attached hydrogens (tertiary/aromatic N) is 2. The van der Waals surface area contributed by atoms with Crippen LogP contribution in [0.25, 0.3) is 0 Å². The van der Waals surface area contributed by atoms with Crippen LogP contribution in [0.3, 0.4) is 0 Å². The van der Waals surface area contributed by atoms with Crippen molar-refractivity contribution in [3.63, 3.8) is 0 Å². The largest absolute Gasteiger partial charge is 0.351 e. The van der Waals surface area contributed by atoms with Crippen molar-refractivity contribution in [1.29, 1.82) is 0 Å². The van der Waals surface area contributed by atoms with Gasteiger partial charge in [0.05, 0.1) is 16.3 Å². The molecule has 3 aromatic carbocycles. The van der Waals surface area contributed by atoms with Crippen LogP contribution in [0, 0.1) is 6.92 Å². The summed E-state index contributed by atoms with van der Waals surface area (Å²) < 4.78 is 55.2. The number of sulfonamides is 2. The zero-order valence-corrected chi connectivity index (χ0v) is 23.0. The highest BCUT2D eigenvalue weighted by Crippen LogP contribution is 2.21. The predicted octanol–water partition coefficient (Wildman–Crippen LogP) is 3.68. The molecule has 3 aromatic rings. The first-order valence-corrected chi connectivity index (χ1v) is 15.5. The van der Waals surface area contributed by atoms with E-state index in [9.17, 15) is 21.6 Å². The molecular formula is C28H33N3O5S2. The molecule has 1 heterocycles. The quantitative estimate of drug-likeness (QED) is 0.411. The minimum atomic E-state index is -3.93. The van der Waals surface area contributed by atoms with Crippen LogP contribution in [-0.4, -0.2) is 51.0 Å². The Hall–Kier alpha value is -3.05. The second-order valence-electron chi connectivity index (χ2n) is 9.46. The van der Waals surface area contributed by atoms with Gasteiger partial charge in [0.1, 0.15) is 0 Å². The molecule has 0 unspecified atom stereocenters. The monoisotopic (exact) mass is 555 g/mol.